The van der Waals surface area contributed by atoms with E-state index in [4.69, 9.17) is 9.47 Å². The third-order valence-electron chi connectivity index (χ3n) is 3.85. The minimum Gasteiger partial charge on any atom is -0.503 e. The van der Waals surface area contributed by atoms with Crippen molar-refractivity contribution in [1.82, 2.24) is 4.98 Å². The van der Waals surface area contributed by atoms with Crippen molar-refractivity contribution in [2.75, 3.05) is 14.2 Å². The molecular formula is C17H14N2O6. The summed E-state index contributed by atoms with van der Waals surface area (Å²) in [6, 6.07) is 8.81. The number of aromatic nitrogens is 1. The standard InChI is InChI=1S/C17H14N2O6/c1-24-13-7-10-11(8-14(13)25-2)18-15(17(21)16(10)20)9-5-3-4-6-12(9)19(22)23/h3-8,21H,1-2H3,(H,18,20). The van der Waals surface area contributed by atoms with Gasteiger partial charge >= 0.3 is 0 Å². The number of fused-ring (bicyclic) bond motifs is 1. The Balaban J connectivity index is 2.37. The molecule has 0 radical (unpaired) electrons. The van der Waals surface area contributed by atoms with E-state index in [1.54, 1.807) is 6.07 Å². The van der Waals surface area contributed by atoms with Gasteiger partial charge in [-0.25, -0.2) is 0 Å². The number of hydrogen-bond acceptors (Lipinski definition) is 6. The first-order chi connectivity index (χ1) is 12.0. The van der Waals surface area contributed by atoms with E-state index in [-0.39, 0.29) is 22.3 Å². The van der Waals surface area contributed by atoms with Gasteiger partial charge in [-0.3, -0.25) is 14.9 Å². The molecule has 0 atom stereocenters. The summed E-state index contributed by atoms with van der Waals surface area (Å²) in [4.78, 5) is 26.1. The van der Waals surface area contributed by atoms with Gasteiger partial charge in [0.25, 0.3) is 5.69 Å². The Hall–Kier alpha value is -3.55. The summed E-state index contributed by atoms with van der Waals surface area (Å²) in [5.41, 5.74) is -0.458. The Morgan fingerprint density at radius 3 is 2.40 bits per heavy atom. The van der Waals surface area contributed by atoms with Crippen LogP contribution in [0.5, 0.6) is 17.2 Å². The number of nitro groups is 1. The van der Waals surface area contributed by atoms with Gasteiger partial charge in [-0.1, -0.05) is 12.1 Å². The highest BCUT2D eigenvalue weighted by Crippen LogP contribution is 2.36. The number of hydrogen-bond donors (Lipinski definition) is 2. The van der Waals surface area contributed by atoms with Crippen LogP contribution in [0.25, 0.3) is 22.2 Å². The second-order valence-corrected chi connectivity index (χ2v) is 5.20. The summed E-state index contributed by atoms with van der Waals surface area (Å²) in [7, 11) is 2.88. The second-order valence-electron chi connectivity index (χ2n) is 5.20. The molecular weight excluding hydrogens is 328 g/mol. The molecule has 1 heterocycles. The molecule has 0 aliphatic carbocycles. The number of benzene rings is 2. The molecule has 0 aliphatic heterocycles. The number of aromatic amines is 1. The molecule has 2 N–H and O–H groups in total. The molecule has 0 saturated heterocycles. The maximum absolute atomic E-state index is 12.5. The van der Waals surface area contributed by atoms with Crippen molar-refractivity contribution in [3.63, 3.8) is 0 Å². The van der Waals surface area contributed by atoms with E-state index >= 15 is 0 Å². The van der Waals surface area contributed by atoms with E-state index in [0.29, 0.717) is 17.0 Å². The topological polar surface area (TPSA) is 115 Å². The Kier molecular flexibility index (Phi) is 4.02. The number of H-pyrrole nitrogens is 1. The second kappa shape index (κ2) is 6.16. The minimum absolute atomic E-state index is 0.0305. The van der Waals surface area contributed by atoms with Crippen molar-refractivity contribution in [2.24, 2.45) is 0 Å². The molecule has 0 bridgehead atoms. The fourth-order valence-electron chi connectivity index (χ4n) is 2.64. The van der Waals surface area contributed by atoms with Crippen LogP contribution in [0.1, 0.15) is 0 Å². The van der Waals surface area contributed by atoms with E-state index in [2.05, 4.69) is 4.98 Å². The van der Waals surface area contributed by atoms with Gasteiger partial charge < -0.3 is 19.6 Å². The number of methoxy groups -OCH3 is 2. The monoisotopic (exact) mass is 342 g/mol. The van der Waals surface area contributed by atoms with Crippen molar-refractivity contribution in [3.8, 4) is 28.5 Å². The molecule has 8 heteroatoms. The first-order valence-electron chi connectivity index (χ1n) is 7.22. The predicted octanol–water partition coefficient (Wildman–Crippen LogP) is 2.83. The van der Waals surface area contributed by atoms with Gasteiger partial charge in [-0.15, -0.1) is 0 Å². The maximum atomic E-state index is 12.5. The van der Waals surface area contributed by atoms with Crippen molar-refractivity contribution < 1.29 is 19.5 Å². The lowest BCUT2D eigenvalue weighted by Gasteiger charge is -2.11. The molecule has 8 nitrogen and oxygen atoms in total. The zero-order chi connectivity index (χ0) is 18.1. The summed E-state index contributed by atoms with van der Waals surface area (Å²) in [6.45, 7) is 0. The van der Waals surface area contributed by atoms with Crippen LogP contribution < -0.4 is 14.9 Å². The van der Waals surface area contributed by atoms with E-state index in [9.17, 15) is 20.0 Å². The molecule has 0 fully saturated rings. The highest BCUT2D eigenvalue weighted by atomic mass is 16.6. The molecule has 0 aliphatic rings. The van der Waals surface area contributed by atoms with Crippen LogP contribution in [-0.4, -0.2) is 29.2 Å². The van der Waals surface area contributed by atoms with E-state index in [0.717, 1.165) is 0 Å². The van der Waals surface area contributed by atoms with Crippen LogP contribution in [0.15, 0.2) is 41.2 Å². The number of nitrogens with zero attached hydrogens (tertiary/aromatic N) is 1. The third kappa shape index (κ3) is 2.63. The number of nitro benzene ring substituents is 1. The van der Waals surface area contributed by atoms with Crippen LogP contribution in [0, 0.1) is 10.1 Å². The number of para-hydroxylation sites is 1. The fraction of sp³-hybridized carbons (Fsp3) is 0.118. The average molecular weight is 342 g/mol. The highest BCUT2D eigenvalue weighted by Gasteiger charge is 2.21. The van der Waals surface area contributed by atoms with Gasteiger partial charge in [0.1, 0.15) is 0 Å². The van der Waals surface area contributed by atoms with Crippen LogP contribution in [0.4, 0.5) is 5.69 Å². The first-order valence-corrected chi connectivity index (χ1v) is 7.22. The van der Waals surface area contributed by atoms with Gasteiger partial charge in [-0.05, 0) is 12.1 Å². The zero-order valence-electron chi connectivity index (χ0n) is 13.4. The Labute approximate surface area is 141 Å². The summed E-state index contributed by atoms with van der Waals surface area (Å²) in [5.74, 6) is 0.109. The van der Waals surface area contributed by atoms with Crippen LogP contribution >= 0.6 is 0 Å². The van der Waals surface area contributed by atoms with Crippen molar-refractivity contribution in [2.45, 2.75) is 0 Å². The van der Waals surface area contributed by atoms with Gasteiger partial charge in [-0.2, -0.15) is 0 Å². The van der Waals surface area contributed by atoms with Crippen molar-refractivity contribution >= 4 is 16.6 Å². The van der Waals surface area contributed by atoms with E-state index in [1.807, 2.05) is 0 Å². The Morgan fingerprint density at radius 2 is 1.76 bits per heavy atom. The minimum atomic E-state index is -0.664. The molecule has 0 amide bonds. The highest BCUT2D eigenvalue weighted by molar-refractivity contribution is 5.88. The average Bonchev–Trinajstić information content (AvgIpc) is 2.63. The summed E-state index contributed by atoms with van der Waals surface area (Å²) >= 11 is 0. The Morgan fingerprint density at radius 1 is 1.12 bits per heavy atom. The van der Waals surface area contributed by atoms with Gasteiger partial charge in [0.2, 0.25) is 5.43 Å². The van der Waals surface area contributed by atoms with Crippen molar-refractivity contribution in [1.29, 1.82) is 0 Å². The van der Waals surface area contributed by atoms with Crippen LogP contribution in [-0.2, 0) is 0 Å². The lowest BCUT2D eigenvalue weighted by Crippen LogP contribution is -2.06. The molecule has 2 aromatic carbocycles. The van der Waals surface area contributed by atoms with Crippen molar-refractivity contribution in [3.05, 3.63) is 56.7 Å². The normalized spacial score (nSPS) is 10.6. The molecule has 3 rings (SSSR count). The lowest BCUT2D eigenvalue weighted by molar-refractivity contribution is -0.384. The smallest absolute Gasteiger partial charge is 0.278 e. The molecule has 128 valence electrons. The maximum Gasteiger partial charge on any atom is 0.278 e. The SMILES string of the molecule is COc1cc2[nH]c(-c3ccccc3[N+](=O)[O-])c(O)c(=O)c2cc1OC. The third-order valence-corrected chi connectivity index (χ3v) is 3.85. The summed E-state index contributed by atoms with van der Waals surface area (Å²) < 4.78 is 10.4. The van der Waals surface area contributed by atoms with E-state index in [1.165, 1.54) is 44.6 Å². The molecule has 3 aromatic rings. The van der Waals surface area contributed by atoms with Gasteiger partial charge in [0.15, 0.2) is 17.2 Å². The summed E-state index contributed by atoms with van der Waals surface area (Å²) in [5, 5.41) is 21.7. The summed E-state index contributed by atoms with van der Waals surface area (Å²) in [6.07, 6.45) is 0. The lowest BCUT2D eigenvalue weighted by atomic mass is 10.1. The first kappa shape index (κ1) is 16.3. The quantitative estimate of drug-likeness (QED) is 0.556. The predicted molar refractivity (Wildman–Crippen MR) is 91.4 cm³/mol. The van der Waals surface area contributed by atoms with Crippen LogP contribution in [0.3, 0.4) is 0 Å². The largest absolute Gasteiger partial charge is 0.503 e. The number of nitrogens with one attached hydrogen (secondary N) is 1. The molecule has 0 saturated carbocycles. The van der Waals surface area contributed by atoms with Gasteiger partial charge in [0, 0.05) is 12.1 Å². The van der Waals surface area contributed by atoms with Crippen LogP contribution in [0.2, 0.25) is 0 Å². The zero-order valence-corrected chi connectivity index (χ0v) is 13.4. The molecule has 0 unspecified atom stereocenters. The number of rotatable bonds is 4. The number of aromatic hydroxyl groups is 1. The number of pyridine rings is 1. The molecule has 1 aromatic heterocycles. The number of ether oxygens (including phenoxy) is 2. The Bertz CT molecular complexity index is 1040. The van der Waals surface area contributed by atoms with E-state index < -0.39 is 16.1 Å². The molecule has 25 heavy (non-hydrogen) atoms. The van der Waals surface area contributed by atoms with Gasteiger partial charge in [0.05, 0.1) is 41.3 Å². The molecule has 0 spiro atoms. The fourth-order valence-corrected chi connectivity index (χ4v) is 2.64.